The second-order valence-electron chi connectivity index (χ2n) is 6.70. The third kappa shape index (κ3) is 4.11. The number of carbonyl (C=O) groups excluding carboxylic acids is 1. The molecule has 1 unspecified atom stereocenters. The quantitative estimate of drug-likeness (QED) is 0.865. The SMILES string of the molecule is COc1ccc(COc2cc(C(=O)NC3COCC3(C)C)on2)cc1. The number of hydrogen-bond donors (Lipinski definition) is 1. The van der Waals surface area contributed by atoms with E-state index in [1.807, 2.05) is 24.3 Å². The van der Waals surface area contributed by atoms with Crippen molar-refractivity contribution in [3.8, 4) is 11.6 Å². The molecule has 134 valence electrons. The summed E-state index contributed by atoms with van der Waals surface area (Å²) in [6, 6.07) is 8.93. The second-order valence-corrected chi connectivity index (χ2v) is 6.70. The van der Waals surface area contributed by atoms with Gasteiger partial charge in [-0.3, -0.25) is 4.79 Å². The summed E-state index contributed by atoms with van der Waals surface area (Å²) in [5.41, 5.74) is 0.850. The van der Waals surface area contributed by atoms with Crippen LogP contribution in [0, 0.1) is 5.41 Å². The number of aromatic nitrogens is 1. The highest BCUT2D eigenvalue weighted by Gasteiger charge is 2.37. The summed E-state index contributed by atoms with van der Waals surface area (Å²) in [6.45, 7) is 5.53. The lowest BCUT2D eigenvalue weighted by Crippen LogP contribution is -2.44. The molecular weight excluding hydrogens is 324 g/mol. The Hall–Kier alpha value is -2.54. The van der Waals surface area contributed by atoms with E-state index < -0.39 is 0 Å². The van der Waals surface area contributed by atoms with Crippen LogP contribution in [0.15, 0.2) is 34.9 Å². The standard InChI is InChI=1S/C18H22N2O5/c1-18(2)11-23-10-15(18)19-17(21)14-8-16(20-25-14)24-9-12-4-6-13(22-3)7-5-12/h4-8,15H,9-11H2,1-3H3,(H,19,21). The fraction of sp³-hybridized carbons (Fsp3) is 0.444. The van der Waals surface area contributed by atoms with E-state index in [1.165, 1.54) is 6.07 Å². The van der Waals surface area contributed by atoms with Gasteiger partial charge in [-0.2, -0.15) is 0 Å². The Balaban J connectivity index is 1.55. The predicted octanol–water partition coefficient (Wildman–Crippen LogP) is 2.42. The number of ether oxygens (including phenoxy) is 3. The molecule has 1 saturated heterocycles. The molecule has 1 aromatic heterocycles. The van der Waals surface area contributed by atoms with Crippen molar-refractivity contribution in [3.63, 3.8) is 0 Å². The molecule has 0 bridgehead atoms. The molecule has 2 heterocycles. The number of nitrogens with zero attached hydrogens (tertiary/aromatic N) is 1. The minimum Gasteiger partial charge on any atom is -0.497 e. The van der Waals surface area contributed by atoms with Crippen molar-refractivity contribution in [2.45, 2.75) is 26.5 Å². The number of rotatable bonds is 6. The Morgan fingerprint density at radius 1 is 1.36 bits per heavy atom. The smallest absolute Gasteiger partial charge is 0.290 e. The summed E-state index contributed by atoms with van der Waals surface area (Å²) >= 11 is 0. The predicted molar refractivity (Wildman–Crippen MR) is 89.7 cm³/mol. The molecule has 1 amide bonds. The molecule has 25 heavy (non-hydrogen) atoms. The first kappa shape index (κ1) is 17.3. The van der Waals surface area contributed by atoms with Gasteiger partial charge in [0.1, 0.15) is 12.4 Å². The molecule has 0 saturated carbocycles. The highest BCUT2D eigenvalue weighted by molar-refractivity contribution is 5.91. The van der Waals surface area contributed by atoms with Crippen molar-refractivity contribution >= 4 is 5.91 Å². The number of nitrogens with one attached hydrogen (secondary N) is 1. The highest BCUT2D eigenvalue weighted by Crippen LogP contribution is 2.27. The molecule has 1 aromatic carbocycles. The molecule has 7 nitrogen and oxygen atoms in total. The summed E-state index contributed by atoms with van der Waals surface area (Å²) < 4.78 is 21.2. The van der Waals surface area contributed by atoms with Crippen LogP contribution in [0.4, 0.5) is 0 Å². The molecule has 0 spiro atoms. The largest absolute Gasteiger partial charge is 0.497 e. The molecule has 1 fully saturated rings. The van der Waals surface area contributed by atoms with E-state index in [2.05, 4.69) is 24.3 Å². The third-order valence-electron chi connectivity index (χ3n) is 4.27. The number of carbonyl (C=O) groups is 1. The first-order valence-corrected chi connectivity index (χ1v) is 8.09. The van der Waals surface area contributed by atoms with Gasteiger partial charge in [0, 0.05) is 5.41 Å². The second kappa shape index (κ2) is 7.14. The van der Waals surface area contributed by atoms with Crippen LogP contribution < -0.4 is 14.8 Å². The molecule has 1 atom stereocenters. The molecule has 0 radical (unpaired) electrons. The van der Waals surface area contributed by atoms with E-state index >= 15 is 0 Å². The van der Waals surface area contributed by atoms with Gasteiger partial charge in [0.25, 0.3) is 11.8 Å². The van der Waals surface area contributed by atoms with Crippen molar-refractivity contribution in [1.29, 1.82) is 0 Å². The molecule has 1 N–H and O–H groups in total. The molecule has 3 rings (SSSR count). The third-order valence-corrected chi connectivity index (χ3v) is 4.27. The van der Waals surface area contributed by atoms with Gasteiger partial charge in [0.05, 0.1) is 32.4 Å². The Labute approximate surface area is 146 Å². The average Bonchev–Trinajstić information content (AvgIpc) is 3.20. The Bertz CT molecular complexity index is 723. The van der Waals surface area contributed by atoms with Crippen LogP contribution in [0.25, 0.3) is 0 Å². The maximum atomic E-state index is 12.3. The number of hydrogen-bond acceptors (Lipinski definition) is 6. The lowest BCUT2D eigenvalue weighted by molar-refractivity contribution is 0.0877. The van der Waals surface area contributed by atoms with Gasteiger partial charge in [-0.05, 0) is 22.9 Å². The number of benzene rings is 1. The summed E-state index contributed by atoms with van der Waals surface area (Å²) in [5.74, 6) is 0.841. The molecule has 0 aliphatic carbocycles. The average molecular weight is 346 g/mol. The molecular formula is C18H22N2O5. The summed E-state index contributed by atoms with van der Waals surface area (Å²) in [5, 5.41) is 6.70. The first-order valence-electron chi connectivity index (χ1n) is 8.09. The topological polar surface area (TPSA) is 82.8 Å². The van der Waals surface area contributed by atoms with E-state index in [9.17, 15) is 4.79 Å². The van der Waals surface area contributed by atoms with Crippen LogP contribution in [0.1, 0.15) is 30.0 Å². The van der Waals surface area contributed by atoms with E-state index in [0.29, 0.717) is 19.8 Å². The van der Waals surface area contributed by atoms with E-state index in [-0.39, 0.29) is 29.0 Å². The number of methoxy groups -OCH3 is 1. The van der Waals surface area contributed by atoms with Crippen LogP contribution >= 0.6 is 0 Å². The fourth-order valence-electron chi connectivity index (χ4n) is 2.55. The minimum absolute atomic E-state index is 0.0613. The summed E-state index contributed by atoms with van der Waals surface area (Å²) in [7, 11) is 1.62. The van der Waals surface area contributed by atoms with E-state index in [4.69, 9.17) is 18.7 Å². The van der Waals surface area contributed by atoms with Crippen molar-refractivity contribution in [2.24, 2.45) is 5.41 Å². The van der Waals surface area contributed by atoms with Crippen LogP contribution in [0.5, 0.6) is 11.6 Å². The van der Waals surface area contributed by atoms with Gasteiger partial charge in [-0.25, -0.2) is 0 Å². The van der Waals surface area contributed by atoms with Gasteiger partial charge in [-0.1, -0.05) is 26.0 Å². The highest BCUT2D eigenvalue weighted by atomic mass is 16.5. The van der Waals surface area contributed by atoms with Crippen molar-refractivity contribution in [1.82, 2.24) is 10.5 Å². The van der Waals surface area contributed by atoms with Crippen molar-refractivity contribution < 1.29 is 23.5 Å². The monoisotopic (exact) mass is 346 g/mol. The van der Waals surface area contributed by atoms with Gasteiger partial charge in [0.2, 0.25) is 5.76 Å². The Morgan fingerprint density at radius 2 is 2.12 bits per heavy atom. The lowest BCUT2D eigenvalue weighted by atomic mass is 9.88. The van der Waals surface area contributed by atoms with Crippen LogP contribution in [0.3, 0.4) is 0 Å². The minimum atomic E-state index is -0.324. The first-order chi connectivity index (χ1) is 12.0. The van der Waals surface area contributed by atoms with Gasteiger partial charge in [-0.15, -0.1) is 0 Å². The molecule has 1 aliphatic rings. The van der Waals surface area contributed by atoms with E-state index in [0.717, 1.165) is 11.3 Å². The van der Waals surface area contributed by atoms with Crippen molar-refractivity contribution in [3.05, 3.63) is 41.7 Å². The summed E-state index contributed by atoms with van der Waals surface area (Å²) in [4.78, 5) is 12.3. The normalized spacial score (nSPS) is 18.8. The Kier molecular flexibility index (Phi) is 4.94. The Morgan fingerprint density at radius 3 is 2.76 bits per heavy atom. The lowest BCUT2D eigenvalue weighted by Gasteiger charge is -2.24. The zero-order chi connectivity index (χ0) is 17.9. The van der Waals surface area contributed by atoms with Gasteiger partial charge < -0.3 is 24.1 Å². The van der Waals surface area contributed by atoms with Crippen molar-refractivity contribution in [2.75, 3.05) is 20.3 Å². The number of amides is 1. The van der Waals surface area contributed by atoms with Crippen LogP contribution in [-0.4, -0.2) is 37.4 Å². The molecule has 1 aliphatic heterocycles. The molecule has 7 heteroatoms. The van der Waals surface area contributed by atoms with Gasteiger partial charge in [0.15, 0.2) is 0 Å². The van der Waals surface area contributed by atoms with Gasteiger partial charge >= 0.3 is 0 Å². The van der Waals surface area contributed by atoms with Crippen LogP contribution in [0.2, 0.25) is 0 Å². The maximum absolute atomic E-state index is 12.3. The zero-order valence-electron chi connectivity index (χ0n) is 14.6. The fourth-order valence-corrected chi connectivity index (χ4v) is 2.55. The maximum Gasteiger partial charge on any atom is 0.290 e. The molecule has 2 aromatic rings. The van der Waals surface area contributed by atoms with E-state index in [1.54, 1.807) is 7.11 Å². The van der Waals surface area contributed by atoms with Crippen LogP contribution in [-0.2, 0) is 11.3 Å². The summed E-state index contributed by atoms with van der Waals surface area (Å²) in [6.07, 6.45) is 0. The zero-order valence-corrected chi connectivity index (χ0v) is 14.6.